The van der Waals surface area contributed by atoms with Gasteiger partial charge in [0.05, 0.1) is 19.7 Å². The maximum atomic E-state index is 5.82. The number of methoxy groups -OCH3 is 2. The van der Waals surface area contributed by atoms with E-state index < -0.39 is 0 Å². The minimum Gasteiger partial charge on any atom is -0.493 e. The van der Waals surface area contributed by atoms with Gasteiger partial charge in [0.15, 0.2) is 11.5 Å². The van der Waals surface area contributed by atoms with Crippen LogP contribution in [0.3, 0.4) is 0 Å². The zero-order valence-corrected chi connectivity index (χ0v) is 14.7. The zero-order chi connectivity index (χ0) is 17.8. The van der Waals surface area contributed by atoms with Crippen molar-refractivity contribution in [1.29, 1.82) is 0 Å². The van der Waals surface area contributed by atoms with E-state index in [0.717, 1.165) is 40.8 Å². The number of rotatable bonds is 6. The fourth-order valence-electron chi connectivity index (χ4n) is 2.72. The summed E-state index contributed by atoms with van der Waals surface area (Å²) in [6.07, 6.45) is 1.00. The van der Waals surface area contributed by atoms with Crippen molar-refractivity contribution in [2.24, 2.45) is 0 Å². The number of hydrogen-bond donors (Lipinski definition) is 2. The highest BCUT2D eigenvalue weighted by atomic mass is 16.5. The quantitative estimate of drug-likeness (QED) is 0.713. The van der Waals surface area contributed by atoms with Gasteiger partial charge in [-0.15, -0.1) is 0 Å². The molecule has 0 aliphatic carbocycles. The molecule has 0 unspecified atom stereocenters. The van der Waals surface area contributed by atoms with Gasteiger partial charge in [-0.1, -0.05) is 19.1 Å². The lowest BCUT2D eigenvalue weighted by Crippen LogP contribution is -2.06. The van der Waals surface area contributed by atoms with E-state index in [1.54, 1.807) is 14.2 Å². The second-order valence-corrected chi connectivity index (χ2v) is 5.66. The first-order valence-corrected chi connectivity index (χ1v) is 8.19. The summed E-state index contributed by atoms with van der Waals surface area (Å²) in [4.78, 5) is 8.67. The van der Waals surface area contributed by atoms with Gasteiger partial charge in [-0.3, -0.25) is 0 Å². The Balaban J connectivity index is 2.10. The van der Waals surface area contributed by atoms with E-state index in [-0.39, 0.29) is 5.95 Å². The summed E-state index contributed by atoms with van der Waals surface area (Å²) in [5.41, 5.74) is 8.71. The summed E-state index contributed by atoms with van der Waals surface area (Å²) in [5, 5.41) is 4.26. The number of nitrogen functional groups attached to an aromatic ring is 1. The predicted octanol–water partition coefficient (Wildman–Crippen LogP) is 3.72. The van der Waals surface area contributed by atoms with Crippen LogP contribution in [0.4, 0.5) is 11.8 Å². The van der Waals surface area contributed by atoms with Crippen molar-refractivity contribution in [1.82, 2.24) is 9.97 Å². The molecule has 1 heterocycles. The number of nitrogens with zero attached hydrogens (tertiary/aromatic N) is 2. The Bertz CT molecular complexity index is 896. The Morgan fingerprint density at radius 1 is 0.960 bits per heavy atom. The molecule has 0 saturated carbocycles. The van der Waals surface area contributed by atoms with Crippen LogP contribution in [0.2, 0.25) is 0 Å². The molecule has 1 aromatic heterocycles. The number of nitrogens with two attached hydrogens (primary N) is 1. The van der Waals surface area contributed by atoms with Gasteiger partial charge in [-0.05, 0) is 41.8 Å². The summed E-state index contributed by atoms with van der Waals surface area (Å²) in [5.74, 6) is 2.42. The molecule has 6 heteroatoms. The van der Waals surface area contributed by atoms with Crippen molar-refractivity contribution in [2.45, 2.75) is 13.3 Å². The molecule has 130 valence electrons. The molecular weight excluding hydrogens is 316 g/mol. The van der Waals surface area contributed by atoms with E-state index in [1.807, 2.05) is 30.3 Å². The van der Waals surface area contributed by atoms with Crippen LogP contribution in [0, 0.1) is 0 Å². The smallest absolute Gasteiger partial charge is 0.222 e. The van der Waals surface area contributed by atoms with E-state index in [9.17, 15) is 0 Å². The van der Waals surface area contributed by atoms with Crippen LogP contribution in [0.15, 0.2) is 36.4 Å². The van der Waals surface area contributed by atoms with Gasteiger partial charge in [-0.2, -0.15) is 4.98 Å². The van der Waals surface area contributed by atoms with Crippen molar-refractivity contribution in [3.05, 3.63) is 36.4 Å². The average molecular weight is 338 g/mol. The topological polar surface area (TPSA) is 82.3 Å². The summed E-state index contributed by atoms with van der Waals surface area (Å²) >= 11 is 0. The minimum absolute atomic E-state index is 0.268. The standard InChI is InChI=1S/C19H22N4O2/c1-4-9-21-18-14-10-12(5-7-15(14)22-19(20)23-18)13-6-8-16(24-2)17(11-13)25-3/h5-8,10-11H,4,9H2,1-3H3,(H3,20,21,22,23). The number of nitrogens with one attached hydrogen (secondary N) is 1. The summed E-state index contributed by atoms with van der Waals surface area (Å²) < 4.78 is 10.7. The molecule has 3 aromatic rings. The van der Waals surface area contributed by atoms with Crippen LogP contribution >= 0.6 is 0 Å². The van der Waals surface area contributed by atoms with Crippen LogP contribution in [0.1, 0.15) is 13.3 Å². The average Bonchev–Trinajstić information content (AvgIpc) is 2.65. The number of benzene rings is 2. The first-order valence-electron chi connectivity index (χ1n) is 8.19. The molecule has 0 aliphatic rings. The first-order chi connectivity index (χ1) is 12.2. The van der Waals surface area contributed by atoms with Gasteiger partial charge in [-0.25, -0.2) is 4.98 Å². The van der Waals surface area contributed by atoms with Crippen LogP contribution in [0.25, 0.3) is 22.0 Å². The molecule has 0 saturated heterocycles. The van der Waals surface area contributed by atoms with E-state index in [0.29, 0.717) is 11.5 Å². The predicted molar refractivity (Wildman–Crippen MR) is 101 cm³/mol. The summed E-state index contributed by atoms with van der Waals surface area (Å²) in [6, 6.07) is 11.9. The molecule has 3 rings (SSSR count). The lowest BCUT2D eigenvalue weighted by molar-refractivity contribution is 0.355. The lowest BCUT2D eigenvalue weighted by atomic mass is 10.0. The van der Waals surface area contributed by atoms with Crippen LogP contribution < -0.4 is 20.5 Å². The van der Waals surface area contributed by atoms with Crippen molar-refractivity contribution < 1.29 is 9.47 Å². The third-order valence-corrected chi connectivity index (χ3v) is 3.97. The number of aromatic nitrogens is 2. The fraction of sp³-hybridized carbons (Fsp3) is 0.263. The highest BCUT2D eigenvalue weighted by Crippen LogP contribution is 2.34. The maximum Gasteiger partial charge on any atom is 0.222 e. The Morgan fingerprint density at radius 2 is 1.68 bits per heavy atom. The molecule has 0 bridgehead atoms. The third kappa shape index (κ3) is 3.42. The van der Waals surface area contributed by atoms with Crippen LogP contribution in [0.5, 0.6) is 11.5 Å². The highest BCUT2D eigenvalue weighted by molar-refractivity contribution is 5.93. The Labute approximate surface area is 147 Å². The second kappa shape index (κ2) is 7.25. The van der Waals surface area contributed by atoms with Crippen LogP contribution in [-0.4, -0.2) is 30.7 Å². The fourth-order valence-corrected chi connectivity index (χ4v) is 2.72. The summed E-state index contributed by atoms with van der Waals surface area (Å²) in [7, 11) is 3.26. The third-order valence-electron chi connectivity index (χ3n) is 3.97. The maximum absolute atomic E-state index is 5.82. The van der Waals surface area contributed by atoms with Gasteiger partial charge in [0.2, 0.25) is 5.95 Å². The zero-order valence-electron chi connectivity index (χ0n) is 14.7. The molecule has 0 aliphatic heterocycles. The highest BCUT2D eigenvalue weighted by Gasteiger charge is 2.10. The molecule has 6 nitrogen and oxygen atoms in total. The molecule has 25 heavy (non-hydrogen) atoms. The molecule has 0 radical (unpaired) electrons. The Morgan fingerprint density at radius 3 is 2.40 bits per heavy atom. The van der Waals surface area contributed by atoms with Crippen molar-refractivity contribution in [3.8, 4) is 22.6 Å². The monoisotopic (exact) mass is 338 g/mol. The largest absolute Gasteiger partial charge is 0.493 e. The van der Waals surface area contributed by atoms with E-state index in [4.69, 9.17) is 15.2 Å². The molecule has 2 aromatic carbocycles. The summed E-state index contributed by atoms with van der Waals surface area (Å²) in [6.45, 7) is 2.93. The minimum atomic E-state index is 0.268. The van der Waals surface area contributed by atoms with E-state index in [1.165, 1.54) is 0 Å². The van der Waals surface area contributed by atoms with E-state index >= 15 is 0 Å². The molecule has 0 fully saturated rings. The second-order valence-electron chi connectivity index (χ2n) is 5.66. The number of anilines is 2. The molecule has 0 amide bonds. The molecular formula is C19H22N4O2. The van der Waals surface area contributed by atoms with Gasteiger partial charge in [0, 0.05) is 11.9 Å². The van der Waals surface area contributed by atoms with Crippen molar-refractivity contribution in [2.75, 3.05) is 31.8 Å². The molecule has 3 N–H and O–H groups in total. The number of hydrogen-bond acceptors (Lipinski definition) is 6. The SMILES string of the molecule is CCCNc1nc(N)nc2ccc(-c3ccc(OC)c(OC)c3)cc12. The van der Waals surface area contributed by atoms with Gasteiger partial charge >= 0.3 is 0 Å². The Hall–Kier alpha value is -3.02. The van der Waals surface area contributed by atoms with Crippen LogP contribution in [-0.2, 0) is 0 Å². The van der Waals surface area contributed by atoms with Crippen molar-refractivity contribution in [3.63, 3.8) is 0 Å². The van der Waals surface area contributed by atoms with Crippen molar-refractivity contribution >= 4 is 22.7 Å². The first kappa shape index (κ1) is 16.8. The van der Waals surface area contributed by atoms with E-state index in [2.05, 4.69) is 28.3 Å². The lowest BCUT2D eigenvalue weighted by Gasteiger charge is -2.12. The number of ether oxygens (including phenoxy) is 2. The molecule has 0 atom stereocenters. The Kier molecular flexibility index (Phi) is 4.88. The normalized spacial score (nSPS) is 10.7. The number of fused-ring (bicyclic) bond motifs is 1. The molecule has 0 spiro atoms. The van der Waals surface area contributed by atoms with Gasteiger partial charge < -0.3 is 20.5 Å². The van der Waals surface area contributed by atoms with Gasteiger partial charge in [0.1, 0.15) is 5.82 Å². The van der Waals surface area contributed by atoms with Gasteiger partial charge in [0.25, 0.3) is 0 Å².